The van der Waals surface area contributed by atoms with Gasteiger partial charge in [-0.15, -0.1) is 0 Å². The van der Waals surface area contributed by atoms with Gasteiger partial charge in [-0.3, -0.25) is 4.79 Å². The summed E-state index contributed by atoms with van der Waals surface area (Å²) >= 11 is 0. The van der Waals surface area contributed by atoms with Crippen molar-refractivity contribution in [3.63, 3.8) is 0 Å². The van der Waals surface area contributed by atoms with Crippen molar-refractivity contribution in [2.45, 2.75) is 57.6 Å². The molecule has 3 heteroatoms. The molecule has 1 unspecified atom stereocenters. The van der Waals surface area contributed by atoms with Crippen LogP contribution >= 0.6 is 0 Å². The Kier molecular flexibility index (Phi) is 3.29. The minimum atomic E-state index is -0.269. The molecule has 1 saturated heterocycles. The van der Waals surface area contributed by atoms with E-state index in [-0.39, 0.29) is 18.1 Å². The Morgan fingerprint density at radius 2 is 2.27 bits per heavy atom. The first-order valence-electron chi connectivity index (χ1n) is 6.20. The third-order valence-electron chi connectivity index (χ3n) is 3.78. The fourth-order valence-electron chi connectivity index (χ4n) is 3.02. The molecule has 86 valence electrons. The van der Waals surface area contributed by atoms with Crippen LogP contribution in [0.5, 0.6) is 0 Å². The number of amides is 1. The molecule has 3 atom stereocenters. The number of aliphatic hydroxyl groups excluding tert-OH is 1. The highest BCUT2D eigenvalue weighted by Gasteiger charge is 2.38. The topological polar surface area (TPSA) is 40.5 Å². The molecule has 2 rings (SSSR count). The molecule has 3 nitrogen and oxygen atoms in total. The molecular formula is C12H21NO2. The van der Waals surface area contributed by atoms with Crippen LogP contribution in [0.2, 0.25) is 0 Å². The Labute approximate surface area is 91.5 Å². The summed E-state index contributed by atoms with van der Waals surface area (Å²) in [6, 6.07) is 0.124. The predicted molar refractivity (Wildman–Crippen MR) is 58.4 cm³/mol. The quantitative estimate of drug-likeness (QED) is 0.769. The number of carbonyl (C=O) groups is 1. The number of rotatable bonds is 3. The van der Waals surface area contributed by atoms with Crippen molar-refractivity contribution < 1.29 is 9.90 Å². The average Bonchev–Trinajstić information content (AvgIpc) is 2.73. The smallest absolute Gasteiger partial charge is 0.223 e. The summed E-state index contributed by atoms with van der Waals surface area (Å²) in [6.45, 7) is 3.05. The van der Waals surface area contributed by atoms with Crippen molar-refractivity contribution in [1.82, 2.24) is 4.90 Å². The molecule has 1 N–H and O–H groups in total. The van der Waals surface area contributed by atoms with Gasteiger partial charge in [0.2, 0.25) is 5.91 Å². The first-order valence-corrected chi connectivity index (χ1v) is 6.20. The fraction of sp³-hybridized carbons (Fsp3) is 0.917. The van der Waals surface area contributed by atoms with Crippen LogP contribution in [0.15, 0.2) is 0 Å². The van der Waals surface area contributed by atoms with Crippen LogP contribution in [0, 0.1) is 5.92 Å². The van der Waals surface area contributed by atoms with Crippen molar-refractivity contribution in [2.75, 3.05) is 6.54 Å². The van der Waals surface area contributed by atoms with E-state index in [9.17, 15) is 9.90 Å². The Morgan fingerprint density at radius 3 is 2.87 bits per heavy atom. The summed E-state index contributed by atoms with van der Waals surface area (Å²) in [5.41, 5.74) is 0. The van der Waals surface area contributed by atoms with Gasteiger partial charge in [0.1, 0.15) is 0 Å². The monoisotopic (exact) mass is 211 g/mol. The number of likely N-dealkylation sites (tertiary alicyclic amines) is 1. The van der Waals surface area contributed by atoms with Gasteiger partial charge in [-0.25, -0.2) is 0 Å². The molecule has 0 radical (unpaired) electrons. The number of nitrogens with zero attached hydrogens (tertiary/aromatic N) is 1. The molecule has 0 aromatic heterocycles. The highest BCUT2D eigenvalue weighted by molar-refractivity contribution is 5.79. The van der Waals surface area contributed by atoms with Gasteiger partial charge >= 0.3 is 0 Å². The summed E-state index contributed by atoms with van der Waals surface area (Å²) in [6.07, 6.45) is 5.66. The third kappa shape index (κ3) is 2.17. The fourth-order valence-corrected chi connectivity index (χ4v) is 3.02. The first kappa shape index (κ1) is 10.9. The highest BCUT2D eigenvalue weighted by Crippen LogP contribution is 2.31. The lowest BCUT2D eigenvalue weighted by molar-refractivity contribution is -0.131. The van der Waals surface area contributed by atoms with Crippen molar-refractivity contribution in [3.05, 3.63) is 0 Å². The Hall–Kier alpha value is -0.570. The minimum absolute atomic E-state index is 0.124. The lowest BCUT2D eigenvalue weighted by Crippen LogP contribution is -2.41. The minimum Gasteiger partial charge on any atom is -0.391 e. The van der Waals surface area contributed by atoms with Gasteiger partial charge in [-0.05, 0) is 31.6 Å². The molecule has 15 heavy (non-hydrogen) atoms. The molecule has 2 aliphatic rings. The average molecular weight is 211 g/mol. The van der Waals surface area contributed by atoms with E-state index in [0.29, 0.717) is 12.3 Å². The van der Waals surface area contributed by atoms with E-state index in [0.717, 1.165) is 38.6 Å². The molecule has 1 heterocycles. The van der Waals surface area contributed by atoms with Crippen LogP contribution in [0.4, 0.5) is 0 Å². The lowest BCUT2D eigenvalue weighted by Gasteiger charge is -2.27. The van der Waals surface area contributed by atoms with Crippen LogP contribution in [-0.4, -0.2) is 34.6 Å². The second kappa shape index (κ2) is 4.52. The Balaban J connectivity index is 1.95. The van der Waals surface area contributed by atoms with Gasteiger partial charge in [0.15, 0.2) is 0 Å². The van der Waals surface area contributed by atoms with E-state index in [2.05, 4.69) is 6.92 Å². The number of aliphatic hydroxyl groups is 1. The van der Waals surface area contributed by atoms with Gasteiger partial charge in [0.05, 0.1) is 12.1 Å². The summed E-state index contributed by atoms with van der Waals surface area (Å²) in [4.78, 5) is 13.7. The van der Waals surface area contributed by atoms with E-state index < -0.39 is 0 Å². The van der Waals surface area contributed by atoms with Crippen molar-refractivity contribution in [2.24, 2.45) is 5.92 Å². The third-order valence-corrected chi connectivity index (χ3v) is 3.78. The molecule has 1 saturated carbocycles. The van der Waals surface area contributed by atoms with E-state index in [4.69, 9.17) is 0 Å². The molecule has 1 aliphatic carbocycles. The van der Waals surface area contributed by atoms with Crippen LogP contribution in [0.25, 0.3) is 0 Å². The van der Waals surface area contributed by atoms with E-state index in [1.807, 2.05) is 4.90 Å². The van der Waals surface area contributed by atoms with Crippen molar-refractivity contribution in [1.29, 1.82) is 0 Å². The van der Waals surface area contributed by atoms with E-state index in [1.54, 1.807) is 0 Å². The normalized spacial score (nSPS) is 36.5. The van der Waals surface area contributed by atoms with Crippen molar-refractivity contribution >= 4 is 5.91 Å². The molecule has 2 fully saturated rings. The molecule has 0 bridgehead atoms. The van der Waals surface area contributed by atoms with Gasteiger partial charge in [0.25, 0.3) is 0 Å². The molecule has 1 amide bonds. The maximum absolute atomic E-state index is 11.8. The van der Waals surface area contributed by atoms with Gasteiger partial charge < -0.3 is 10.0 Å². The maximum atomic E-state index is 11.8. The second-order valence-corrected chi connectivity index (χ2v) is 4.97. The van der Waals surface area contributed by atoms with Gasteiger partial charge in [-0.2, -0.15) is 0 Å². The SMILES string of the molecule is CCCC1CC(=O)N([C@H]2CCC[C@@H]2O)C1. The van der Waals surface area contributed by atoms with Crippen molar-refractivity contribution in [3.8, 4) is 0 Å². The zero-order valence-corrected chi connectivity index (χ0v) is 9.48. The summed E-state index contributed by atoms with van der Waals surface area (Å²) in [7, 11) is 0. The molecule has 0 aromatic carbocycles. The molecular weight excluding hydrogens is 190 g/mol. The standard InChI is InChI=1S/C12H21NO2/c1-2-4-9-7-12(15)13(8-9)10-5-3-6-11(10)14/h9-11,14H,2-8H2,1H3/t9?,10-,11-/m0/s1. The summed E-state index contributed by atoms with van der Waals surface area (Å²) in [5.74, 6) is 0.801. The van der Waals surface area contributed by atoms with Crippen LogP contribution in [-0.2, 0) is 4.79 Å². The van der Waals surface area contributed by atoms with E-state index in [1.165, 1.54) is 0 Å². The van der Waals surface area contributed by atoms with Crippen LogP contribution in [0.1, 0.15) is 45.4 Å². The second-order valence-electron chi connectivity index (χ2n) is 4.97. The molecule has 1 aliphatic heterocycles. The van der Waals surface area contributed by atoms with Gasteiger partial charge in [0, 0.05) is 13.0 Å². The zero-order valence-electron chi connectivity index (χ0n) is 9.48. The maximum Gasteiger partial charge on any atom is 0.223 e. The number of hydrogen-bond acceptors (Lipinski definition) is 2. The van der Waals surface area contributed by atoms with E-state index >= 15 is 0 Å². The largest absolute Gasteiger partial charge is 0.391 e. The number of carbonyl (C=O) groups excluding carboxylic acids is 1. The van der Waals surface area contributed by atoms with Gasteiger partial charge in [-0.1, -0.05) is 13.3 Å². The zero-order chi connectivity index (χ0) is 10.8. The number of hydrogen-bond donors (Lipinski definition) is 1. The molecule has 0 aromatic rings. The Morgan fingerprint density at radius 1 is 1.47 bits per heavy atom. The lowest BCUT2D eigenvalue weighted by atomic mass is 10.0. The van der Waals surface area contributed by atoms with Crippen LogP contribution < -0.4 is 0 Å². The van der Waals surface area contributed by atoms with Crippen LogP contribution in [0.3, 0.4) is 0 Å². The Bertz CT molecular complexity index is 242. The first-order chi connectivity index (χ1) is 7.22. The summed E-state index contributed by atoms with van der Waals surface area (Å²) in [5, 5.41) is 9.79. The highest BCUT2D eigenvalue weighted by atomic mass is 16.3. The molecule has 0 spiro atoms. The summed E-state index contributed by atoms with van der Waals surface area (Å²) < 4.78 is 0. The predicted octanol–water partition coefficient (Wildman–Crippen LogP) is 1.55.